The largest absolute Gasteiger partial charge is 0.393 e. The van der Waals surface area contributed by atoms with Gasteiger partial charge in [-0.3, -0.25) is 14.6 Å². The highest BCUT2D eigenvalue weighted by molar-refractivity contribution is 7.93. The van der Waals surface area contributed by atoms with Crippen molar-refractivity contribution in [2.24, 2.45) is 4.99 Å². The first-order chi connectivity index (χ1) is 16.5. The van der Waals surface area contributed by atoms with Crippen molar-refractivity contribution in [1.82, 2.24) is 10.3 Å². The number of pyridine rings is 1. The van der Waals surface area contributed by atoms with E-state index in [1.807, 2.05) is 0 Å². The molecule has 0 fully saturated rings. The fourth-order valence-electron chi connectivity index (χ4n) is 3.93. The highest BCUT2D eigenvalue weighted by atomic mass is 35.5. The molecule has 0 radical (unpaired) electrons. The first-order valence-corrected chi connectivity index (χ1v) is 12.4. The van der Waals surface area contributed by atoms with Crippen LogP contribution in [0.4, 0.5) is 4.39 Å². The Kier molecular flexibility index (Phi) is 6.63. The van der Waals surface area contributed by atoms with E-state index >= 15 is 0 Å². The maximum absolute atomic E-state index is 14.6. The number of aromatic nitrogens is 1. The zero-order valence-corrected chi connectivity index (χ0v) is 20.0. The van der Waals surface area contributed by atoms with E-state index in [1.54, 1.807) is 24.3 Å². The van der Waals surface area contributed by atoms with Gasteiger partial charge in [0.1, 0.15) is 11.4 Å². The van der Waals surface area contributed by atoms with Crippen LogP contribution in [0, 0.1) is 5.82 Å². The maximum atomic E-state index is 14.6. The third-order valence-electron chi connectivity index (χ3n) is 5.61. The van der Waals surface area contributed by atoms with E-state index in [9.17, 15) is 27.5 Å². The molecule has 2 atom stereocenters. The average Bonchev–Trinajstić information content (AvgIpc) is 3.28. The van der Waals surface area contributed by atoms with Crippen molar-refractivity contribution in [3.63, 3.8) is 0 Å². The van der Waals surface area contributed by atoms with Crippen LogP contribution in [-0.2, 0) is 16.4 Å². The number of aliphatic imine (C=N–C) groups is 1. The number of carbonyl (C=O) groups is 1. The smallest absolute Gasteiger partial charge is 0.257 e. The van der Waals surface area contributed by atoms with Crippen molar-refractivity contribution in [3.05, 3.63) is 86.9 Å². The van der Waals surface area contributed by atoms with Crippen molar-refractivity contribution in [1.29, 1.82) is 0 Å². The summed E-state index contributed by atoms with van der Waals surface area (Å²) in [5.41, 5.74) is -0.560. The Morgan fingerprint density at radius 1 is 1.29 bits per heavy atom. The number of hydrogen-bond donors (Lipinski definition) is 3. The number of aliphatic hydroxyl groups is 1. The lowest BCUT2D eigenvalue weighted by Crippen LogP contribution is -2.37. The summed E-state index contributed by atoms with van der Waals surface area (Å²) in [5, 5.41) is 12.7. The summed E-state index contributed by atoms with van der Waals surface area (Å²) in [6, 6.07) is 8.40. The van der Waals surface area contributed by atoms with Crippen LogP contribution < -0.4 is 10.7 Å². The lowest BCUT2D eigenvalue weighted by Gasteiger charge is -2.26. The molecule has 0 saturated carbocycles. The number of rotatable bonds is 7. The number of amides is 1. The van der Waals surface area contributed by atoms with Crippen LogP contribution in [0.5, 0.6) is 0 Å². The molecule has 1 aliphatic rings. The van der Waals surface area contributed by atoms with E-state index in [0.717, 1.165) is 23.9 Å². The van der Waals surface area contributed by atoms with Crippen molar-refractivity contribution < 1.29 is 22.7 Å². The van der Waals surface area contributed by atoms with Crippen LogP contribution in [0.15, 0.2) is 69.4 Å². The van der Waals surface area contributed by atoms with E-state index in [4.69, 9.17) is 11.6 Å². The summed E-state index contributed by atoms with van der Waals surface area (Å²) in [5.74, 6) is -1.69. The highest BCUT2D eigenvalue weighted by Gasteiger charge is 2.45. The molecule has 3 N–H and O–H groups in total. The molecule has 2 heterocycles. The fraction of sp³-hybridized carbons (Fsp3) is 0.208. The SMILES string of the molecule is CC(O)CC1(S(=O)(=O)c2cc(F)cc3c(=O)c(C(=O)NCc4ccc(Cl)cc4)c[nH]c23)C=CC=N1. The normalized spacial score (nSPS) is 18.2. The number of carbonyl (C=O) groups excluding carboxylic acids is 1. The van der Waals surface area contributed by atoms with Crippen LogP contribution in [0.1, 0.15) is 29.3 Å². The van der Waals surface area contributed by atoms with Crippen molar-refractivity contribution in [2.75, 3.05) is 0 Å². The molecule has 1 aromatic heterocycles. The number of aliphatic hydroxyl groups excluding tert-OH is 1. The second kappa shape index (κ2) is 9.37. The highest BCUT2D eigenvalue weighted by Crippen LogP contribution is 2.37. The number of aromatic amines is 1. The molecule has 0 saturated heterocycles. The number of benzene rings is 2. The number of hydrogen-bond acceptors (Lipinski definition) is 6. The van der Waals surface area contributed by atoms with Gasteiger partial charge in [0.25, 0.3) is 5.91 Å². The summed E-state index contributed by atoms with van der Waals surface area (Å²) in [6.45, 7) is 1.53. The van der Waals surface area contributed by atoms with E-state index in [0.29, 0.717) is 5.02 Å². The molecule has 3 aromatic rings. The first-order valence-electron chi connectivity index (χ1n) is 10.6. The molecule has 1 aliphatic heterocycles. The Morgan fingerprint density at radius 2 is 2.00 bits per heavy atom. The molecular weight excluding hydrogens is 497 g/mol. The number of nitrogens with zero attached hydrogens (tertiary/aromatic N) is 1. The lowest BCUT2D eigenvalue weighted by atomic mass is 10.1. The molecule has 2 aromatic carbocycles. The Hall–Kier alpha value is -3.34. The van der Waals surface area contributed by atoms with E-state index < -0.39 is 42.9 Å². The van der Waals surface area contributed by atoms with Gasteiger partial charge in [-0.25, -0.2) is 12.8 Å². The van der Waals surface area contributed by atoms with Crippen LogP contribution >= 0.6 is 11.6 Å². The number of halogens is 2. The van der Waals surface area contributed by atoms with Gasteiger partial charge in [0.05, 0.1) is 21.9 Å². The average molecular weight is 518 g/mol. The monoisotopic (exact) mass is 517 g/mol. The minimum Gasteiger partial charge on any atom is -0.393 e. The Balaban J connectivity index is 1.76. The molecule has 0 spiro atoms. The number of allylic oxidation sites excluding steroid dienone is 1. The summed E-state index contributed by atoms with van der Waals surface area (Å²) >= 11 is 5.85. The summed E-state index contributed by atoms with van der Waals surface area (Å²) < 4.78 is 41.8. The van der Waals surface area contributed by atoms with Crippen molar-refractivity contribution in [2.45, 2.75) is 35.8 Å². The van der Waals surface area contributed by atoms with Gasteiger partial charge in [-0.1, -0.05) is 23.7 Å². The number of fused-ring (bicyclic) bond motifs is 1. The molecule has 1 amide bonds. The molecule has 35 heavy (non-hydrogen) atoms. The van der Waals surface area contributed by atoms with Gasteiger partial charge in [-0.2, -0.15) is 0 Å². The predicted molar refractivity (Wildman–Crippen MR) is 131 cm³/mol. The quantitative estimate of drug-likeness (QED) is 0.443. The molecule has 182 valence electrons. The van der Waals surface area contributed by atoms with E-state index in [1.165, 1.54) is 25.3 Å². The zero-order valence-electron chi connectivity index (χ0n) is 18.5. The molecule has 0 bridgehead atoms. The zero-order chi connectivity index (χ0) is 25.4. The van der Waals surface area contributed by atoms with E-state index in [-0.39, 0.29) is 29.4 Å². The summed E-state index contributed by atoms with van der Waals surface area (Å²) in [7, 11) is -4.41. The number of sulfone groups is 1. The van der Waals surface area contributed by atoms with Crippen molar-refractivity contribution in [3.8, 4) is 0 Å². The molecule has 11 heteroatoms. The standard InChI is InChI=1S/C24H21ClFN3O5S/c1-14(30)11-24(7-2-8-29-24)35(33,34)20-10-17(26)9-18-21(20)27-13-19(22(18)31)23(32)28-12-15-3-5-16(25)6-4-15/h2-10,13-14,30H,11-12H2,1H3,(H,27,31)(H,28,32). The van der Waals surface area contributed by atoms with Gasteiger partial charge in [0.2, 0.25) is 15.3 Å². The number of nitrogens with one attached hydrogen (secondary N) is 2. The van der Waals surface area contributed by atoms with Gasteiger partial charge < -0.3 is 15.4 Å². The maximum Gasteiger partial charge on any atom is 0.257 e. The van der Waals surface area contributed by atoms with Crippen LogP contribution in [-0.4, -0.2) is 41.6 Å². The minimum atomic E-state index is -4.41. The van der Waals surface area contributed by atoms with Crippen LogP contribution in [0.25, 0.3) is 10.9 Å². The fourth-order valence-corrected chi connectivity index (χ4v) is 6.06. The Labute approximate surface area is 205 Å². The lowest BCUT2D eigenvalue weighted by molar-refractivity contribution is 0.0949. The van der Waals surface area contributed by atoms with Gasteiger partial charge in [-0.15, -0.1) is 0 Å². The molecule has 2 unspecified atom stereocenters. The van der Waals surface area contributed by atoms with Gasteiger partial charge in [0, 0.05) is 30.4 Å². The predicted octanol–water partition coefficient (Wildman–Crippen LogP) is 3.13. The third kappa shape index (κ3) is 4.64. The van der Waals surface area contributed by atoms with Crippen LogP contribution in [0.3, 0.4) is 0 Å². The van der Waals surface area contributed by atoms with Crippen molar-refractivity contribution >= 4 is 44.5 Å². The van der Waals surface area contributed by atoms with Crippen LogP contribution in [0.2, 0.25) is 5.02 Å². The first kappa shape index (κ1) is 24.8. The molecule has 4 rings (SSSR count). The number of H-pyrrole nitrogens is 1. The van der Waals surface area contributed by atoms with Gasteiger partial charge in [-0.05, 0) is 48.9 Å². The second-order valence-electron chi connectivity index (χ2n) is 8.21. The second-order valence-corrected chi connectivity index (χ2v) is 10.8. The summed E-state index contributed by atoms with van der Waals surface area (Å²) in [6.07, 6.45) is 3.81. The third-order valence-corrected chi connectivity index (χ3v) is 8.10. The Bertz CT molecular complexity index is 1520. The van der Waals surface area contributed by atoms with Gasteiger partial charge in [0.15, 0.2) is 4.87 Å². The Morgan fingerprint density at radius 3 is 2.63 bits per heavy atom. The molecular formula is C24H21ClFN3O5S. The summed E-state index contributed by atoms with van der Waals surface area (Å²) in [4.78, 5) is 30.1. The molecule has 8 nitrogen and oxygen atoms in total. The topological polar surface area (TPSA) is 129 Å². The van der Waals surface area contributed by atoms with E-state index in [2.05, 4.69) is 15.3 Å². The van der Waals surface area contributed by atoms with Gasteiger partial charge >= 0.3 is 0 Å². The minimum absolute atomic E-state index is 0.114. The molecule has 0 aliphatic carbocycles.